The number of para-hydroxylation sites is 1. The fourth-order valence-electron chi connectivity index (χ4n) is 3.87. The van der Waals surface area contributed by atoms with Crippen LogP contribution in [0.15, 0.2) is 72.8 Å². The Labute approximate surface area is 193 Å². The summed E-state index contributed by atoms with van der Waals surface area (Å²) in [6.45, 7) is 4.04. The van der Waals surface area contributed by atoms with Crippen molar-refractivity contribution in [2.45, 2.75) is 32.5 Å². The van der Waals surface area contributed by atoms with E-state index in [1.54, 1.807) is 0 Å². The van der Waals surface area contributed by atoms with E-state index in [2.05, 4.69) is 15.6 Å². The minimum absolute atomic E-state index is 0.0951. The summed E-state index contributed by atoms with van der Waals surface area (Å²) in [6, 6.07) is 22.6. The van der Waals surface area contributed by atoms with E-state index < -0.39 is 6.04 Å². The molecule has 1 fully saturated rings. The molecule has 0 bridgehead atoms. The van der Waals surface area contributed by atoms with Gasteiger partial charge in [-0.05, 0) is 48.9 Å². The van der Waals surface area contributed by atoms with E-state index in [0.29, 0.717) is 26.2 Å². The first-order valence-electron chi connectivity index (χ1n) is 11.1. The highest BCUT2D eigenvalue weighted by Gasteiger charge is 2.31. The fourth-order valence-corrected chi connectivity index (χ4v) is 3.87. The molecule has 1 aliphatic heterocycles. The Morgan fingerprint density at radius 3 is 2.70 bits per heavy atom. The molecule has 3 aromatic rings. The molecule has 2 aromatic carbocycles. The largest absolute Gasteiger partial charge is 0.457 e. The lowest BCUT2D eigenvalue weighted by Crippen LogP contribution is -2.56. The predicted octanol–water partition coefficient (Wildman–Crippen LogP) is 3.19. The molecule has 0 spiro atoms. The number of amides is 2. The van der Waals surface area contributed by atoms with Gasteiger partial charge in [0, 0.05) is 25.3 Å². The second-order valence-electron chi connectivity index (χ2n) is 8.09. The molecule has 7 heteroatoms. The number of carbonyl (C=O) groups excluding carboxylic acids is 2. The molecule has 170 valence electrons. The molecule has 4 rings (SSSR count). The Bertz CT molecular complexity index is 1100. The molecule has 0 aliphatic carbocycles. The predicted molar refractivity (Wildman–Crippen MR) is 126 cm³/mol. The number of carbonyl (C=O) groups is 2. The van der Waals surface area contributed by atoms with Gasteiger partial charge in [-0.3, -0.25) is 19.5 Å². The van der Waals surface area contributed by atoms with E-state index in [1.807, 2.05) is 84.6 Å². The van der Waals surface area contributed by atoms with Crippen molar-refractivity contribution in [1.82, 2.24) is 20.5 Å². The zero-order chi connectivity index (χ0) is 23.0. The average molecular weight is 445 g/mol. The molecular formula is C26H28N4O3. The maximum Gasteiger partial charge on any atom is 0.237 e. The molecule has 2 heterocycles. The smallest absolute Gasteiger partial charge is 0.237 e. The van der Waals surface area contributed by atoms with Gasteiger partial charge in [-0.2, -0.15) is 0 Å². The van der Waals surface area contributed by atoms with Gasteiger partial charge in [-0.25, -0.2) is 0 Å². The molecular weight excluding hydrogens is 416 g/mol. The monoisotopic (exact) mass is 444 g/mol. The third kappa shape index (κ3) is 6.40. The van der Waals surface area contributed by atoms with E-state index >= 15 is 0 Å². The Balaban J connectivity index is 1.38. The highest BCUT2D eigenvalue weighted by atomic mass is 16.5. The normalized spacial score (nSPS) is 16.2. The molecule has 2 amide bonds. The van der Waals surface area contributed by atoms with E-state index in [9.17, 15) is 9.59 Å². The lowest BCUT2D eigenvalue weighted by atomic mass is 10.1. The summed E-state index contributed by atoms with van der Waals surface area (Å²) in [4.78, 5) is 31.6. The van der Waals surface area contributed by atoms with Crippen LogP contribution in [0.4, 0.5) is 0 Å². The van der Waals surface area contributed by atoms with Crippen LogP contribution in [0.5, 0.6) is 11.5 Å². The molecule has 2 N–H and O–H groups in total. The van der Waals surface area contributed by atoms with Crippen LogP contribution in [0.2, 0.25) is 0 Å². The summed E-state index contributed by atoms with van der Waals surface area (Å²) < 4.78 is 5.94. The van der Waals surface area contributed by atoms with E-state index in [0.717, 1.165) is 28.5 Å². The second-order valence-corrected chi connectivity index (χ2v) is 8.09. The van der Waals surface area contributed by atoms with E-state index in [1.165, 1.54) is 0 Å². The Hall–Kier alpha value is -3.71. The van der Waals surface area contributed by atoms with Crippen molar-refractivity contribution in [3.05, 3.63) is 89.7 Å². The first-order valence-corrected chi connectivity index (χ1v) is 11.1. The number of hydrogen-bond acceptors (Lipinski definition) is 5. The molecule has 7 nitrogen and oxygen atoms in total. The van der Waals surface area contributed by atoms with Crippen molar-refractivity contribution in [1.29, 1.82) is 0 Å². The Morgan fingerprint density at radius 2 is 1.88 bits per heavy atom. The number of ether oxygens (including phenoxy) is 1. The maximum absolute atomic E-state index is 12.6. The van der Waals surface area contributed by atoms with Gasteiger partial charge in [0.25, 0.3) is 0 Å². The Kier molecular flexibility index (Phi) is 7.32. The third-order valence-electron chi connectivity index (χ3n) is 5.50. The van der Waals surface area contributed by atoms with E-state index in [-0.39, 0.29) is 18.2 Å². The summed E-state index contributed by atoms with van der Waals surface area (Å²) >= 11 is 0. The van der Waals surface area contributed by atoms with Gasteiger partial charge >= 0.3 is 0 Å². The quantitative estimate of drug-likeness (QED) is 0.558. The van der Waals surface area contributed by atoms with Crippen molar-refractivity contribution in [3.63, 3.8) is 0 Å². The van der Waals surface area contributed by atoms with Crippen molar-refractivity contribution in [2.24, 2.45) is 0 Å². The van der Waals surface area contributed by atoms with Gasteiger partial charge in [0.1, 0.15) is 11.5 Å². The van der Waals surface area contributed by atoms with Crippen molar-refractivity contribution >= 4 is 11.8 Å². The number of piperazine rings is 1. The number of hydrogen-bond donors (Lipinski definition) is 2. The first-order chi connectivity index (χ1) is 16.1. The van der Waals surface area contributed by atoms with Crippen molar-refractivity contribution in [2.75, 3.05) is 13.1 Å². The van der Waals surface area contributed by atoms with Gasteiger partial charge < -0.3 is 15.4 Å². The highest BCUT2D eigenvalue weighted by Crippen LogP contribution is 2.23. The van der Waals surface area contributed by atoms with Crippen LogP contribution in [0, 0.1) is 6.92 Å². The third-order valence-corrected chi connectivity index (χ3v) is 5.50. The number of aromatic nitrogens is 1. The molecule has 33 heavy (non-hydrogen) atoms. The van der Waals surface area contributed by atoms with Gasteiger partial charge in [-0.1, -0.05) is 36.4 Å². The second kappa shape index (κ2) is 10.7. The Morgan fingerprint density at radius 1 is 1.09 bits per heavy atom. The van der Waals surface area contributed by atoms with Gasteiger partial charge in [-0.15, -0.1) is 0 Å². The lowest BCUT2D eigenvalue weighted by molar-refractivity contribution is -0.134. The van der Waals surface area contributed by atoms with Gasteiger partial charge in [0.05, 0.1) is 24.7 Å². The van der Waals surface area contributed by atoms with Gasteiger partial charge in [0.2, 0.25) is 11.8 Å². The minimum Gasteiger partial charge on any atom is -0.457 e. The highest BCUT2D eigenvalue weighted by molar-refractivity contribution is 5.88. The SMILES string of the molecule is Cc1cccc(CNC(=O)C[C@H]2C(=O)NCCN2Cc2cccc(Oc3ccccc3)c2)n1. The number of benzene rings is 2. The van der Waals surface area contributed by atoms with E-state index in [4.69, 9.17) is 4.74 Å². The van der Waals surface area contributed by atoms with Crippen LogP contribution in [0.3, 0.4) is 0 Å². The molecule has 0 radical (unpaired) electrons. The van der Waals surface area contributed by atoms with Crippen LogP contribution in [-0.2, 0) is 22.7 Å². The lowest BCUT2D eigenvalue weighted by Gasteiger charge is -2.34. The molecule has 0 unspecified atom stereocenters. The maximum atomic E-state index is 12.6. The van der Waals surface area contributed by atoms with Crippen molar-refractivity contribution < 1.29 is 14.3 Å². The standard InChI is InChI=1S/C26H28N4O3/c1-19-7-5-9-21(29-19)17-28-25(31)16-24-26(32)27-13-14-30(24)18-20-8-6-12-23(15-20)33-22-10-3-2-4-11-22/h2-12,15,24H,13-14,16-18H2,1H3,(H,27,32)(H,28,31)/t24-/m0/s1. The number of pyridine rings is 1. The van der Waals surface area contributed by atoms with Gasteiger partial charge in [0.15, 0.2) is 0 Å². The molecule has 1 saturated heterocycles. The van der Waals surface area contributed by atoms with Crippen LogP contribution >= 0.6 is 0 Å². The first kappa shape index (κ1) is 22.5. The van der Waals surface area contributed by atoms with Crippen LogP contribution in [-0.4, -0.2) is 40.8 Å². The molecule has 1 aliphatic rings. The summed E-state index contributed by atoms with van der Waals surface area (Å²) in [7, 11) is 0. The summed E-state index contributed by atoms with van der Waals surface area (Å²) in [5.41, 5.74) is 2.72. The number of nitrogens with zero attached hydrogens (tertiary/aromatic N) is 2. The zero-order valence-electron chi connectivity index (χ0n) is 18.7. The number of rotatable bonds is 8. The van der Waals surface area contributed by atoms with Crippen LogP contribution in [0.1, 0.15) is 23.4 Å². The fraction of sp³-hybridized carbons (Fsp3) is 0.269. The number of aryl methyl sites for hydroxylation is 1. The summed E-state index contributed by atoms with van der Waals surface area (Å²) in [6.07, 6.45) is 0.0951. The topological polar surface area (TPSA) is 83.6 Å². The van der Waals surface area contributed by atoms with Crippen LogP contribution in [0.25, 0.3) is 0 Å². The summed E-state index contributed by atoms with van der Waals surface area (Å²) in [5.74, 6) is 1.21. The minimum atomic E-state index is -0.525. The number of nitrogens with one attached hydrogen (secondary N) is 2. The zero-order valence-corrected chi connectivity index (χ0v) is 18.7. The molecule has 0 saturated carbocycles. The molecule has 1 atom stereocenters. The van der Waals surface area contributed by atoms with Crippen molar-refractivity contribution in [3.8, 4) is 11.5 Å². The molecule has 1 aromatic heterocycles. The average Bonchev–Trinajstić information content (AvgIpc) is 2.81. The summed E-state index contributed by atoms with van der Waals surface area (Å²) in [5, 5.41) is 5.77. The van der Waals surface area contributed by atoms with Crippen LogP contribution < -0.4 is 15.4 Å².